The van der Waals surface area contributed by atoms with E-state index in [4.69, 9.17) is 0 Å². The first-order valence-corrected chi connectivity index (χ1v) is 12.8. The molecule has 0 bridgehead atoms. The number of carbonyl (C=O) groups is 2. The minimum atomic E-state index is -0.594. The normalized spacial score (nSPS) is 11.6. The van der Waals surface area contributed by atoms with Crippen LogP contribution in [0.5, 0.6) is 0 Å². The van der Waals surface area contributed by atoms with E-state index in [1.54, 1.807) is 23.7 Å². The molecule has 0 heterocycles. The predicted octanol–water partition coefficient (Wildman–Crippen LogP) is 5.38. The number of nitrogens with zero attached hydrogens (tertiary/aromatic N) is 1. The zero-order valence-electron chi connectivity index (χ0n) is 19.0. The Hall–Kier alpha value is -2.57. The van der Waals surface area contributed by atoms with Crippen LogP contribution in [0.4, 0.5) is 0 Å². The number of halogens is 1. The molecule has 0 aromatic heterocycles. The number of hydrogen-bond acceptors (Lipinski definition) is 3. The quantitative estimate of drug-likeness (QED) is 0.387. The van der Waals surface area contributed by atoms with Gasteiger partial charge in [-0.05, 0) is 35.7 Å². The van der Waals surface area contributed by atoms with Crippen LogP contribution in [-0.2, 0) is 28.3 Å². The van der Waals surface area contributed by atoms with Crippen molar-refractivity contribution in [2.24, 2.45) is 0 Å². The van der Waals surface area contributed by atoms with Crippen molar-refractivity contribution in [3.63, 3.8) is 0 Å². The van der Waals surface area contributed by atoms with Crippen LogP contribution in [0, 0.1) is 6.92 Å². The van der Waals surface area contributed by atoms with E-state index in [-0.39, 0.29) is 11.8 Å². The van der Waals surface area contributed by atoms with Gasteiger partial charge in [0.05, 0.1) is 5.75 Å². The molecule has 0 radical (unpaired) electrons. The molecule has 1 unspecified atom stereocenters. The molecule has 0 spiro atoms. The molecule has 0 saturated heterocycles. The summed E-state index contributed by atoms with van der Waals surface area (Å²) in [6, 6.07) is 25.5. The molecule has 1 N–H and O–H groups in total. The predicted molar refractivity (Wildman–Crippen MR) is 140 cm³/mol. The van der Waals surface area contributed by atoms with Crippen LogP contribution < -0.4 is 5.32 Å². The van der Waals surface area contributed by atoms with Crippen LogP contribution in [0.2, 0.25) is 0 Å². The average molecular weight is 526 g/mol. The maximum atomic E-state index is 13.4. The molecule has 3 aromatic carbocycles. The highest BCUT2D eigenvalue weighted by Gasteiger charge is 2.29. The van der Waals surface area contributed by atoms with Crippen LogP contribution in [-0.4, -0.2) is 35.6 Å². The van der Waals surface area contributed by atoms with Crippen molar-refractivity contribution >= 4 is 39.5 Å². The molecule has 0 fully saturated rings. The zero-order chi connectivity index (χ0) is 23.6. The number of aryl methyl sites for hydroxylation is 1. The number of thioether (sulfide) groups is 1. The molecular formula is C27H29BrN2O2S. The molecule has 33 heavy (non-hydrogen) atoms. The molecule has 0 saturated carbocycles. The Kier molecular flexibility index (Phi) is 9.58. The molecular weight excluding hydrogens is 496 g/mol. The largest absolute Gasteiger partial charge is 0.357 e. The third-order valence-corrected chi connectivity index (χ3v) is 6.86. The Bertz CT molecular complexity index is 1060. The van der Waals surface area contributed by atoms with Gasteiger partial charge in [0.15, 0.2) is 0 Å². The van der Waals surface area contributed by atoms with E-state index in [0.29, 0.717) is 18.7 Å². The Morgan fingerprint density at radius 3 is 2.30 bits per heavy atom. The fourth-order valence-electron chi connectivity index (χ4n) is 3.58. The first-order valence-electron chi connectivity index (χ1n) is 10.9. The lowest BCUT2D eigenvalue weighted by atomic mass is 10.0. The number of likely N-dealkylation sites (N-methyl/N-ethyl adjacent to an activating group) is 1. The first kappa shape index (κ1) is 25.1. The monoisotopic (exact) mass is 524 g/mol. The summed E-state index contributed by atoms with van der Waals surface area (Å²) in [6.07, 6.45) is 0.461. The summed E-state index contributed by atoms with van der Waals surface area (Å²) in [7, 11) is 1.62. The second kappa shape index (κ2) is 12.6. The van der Waals surface area contributed by atoms with Crippen molar-refractivity contribution in [2.45, 2.75) is 31.7 Å². The fraction of sp³-hybridized carbons (Fsp3) is 0.259. The van der Waals surface area contributed by atoms with Crippen LogP contribution in [0.15, 0.2) is 83.3 Å². The summed E-state index contributed by atoms with van der Waals surface area (Å²) in [6.45, 7) is 2.43. The molecule has 3 aromatic rings. The van der Waals surface area contributed by atoms with Crippen LogP contribution in [0.1, 0.15) is 22.3 Å². The third-order valence-electron chi connectivity index (χ3n) is 5.37. The summed E-state index contributed by atoms with van der Waals surface area (Å²) in [4.78, 5) is 28.1. The smallest absolute Gasteiger partial charge is 0.242 e. The average Bonchev–Trinajstić information content (AvgIpc) is 2.82. The number of rotatable bonds is 10. The van der Waals surface area contributed by atoms with E-state index < -0.39 is 6.04 Å². The Balaban J connectivity index is 1.80. The number of nitrogens with one attached hydrogen (secondary N) is 1. The Labute approximate surface area is 208 Å². The Morgan fingerprint density at radius 2 is 1.64 bits per heavy atom. The van der Waals surface area contributed by atoms with E-state index in [1.807, 2.05) is 54.6 Å². The number of carbonyl (C=O) groups excluding carboxylic acids is 2. The van der Waals surface area contributed by atoms with Crippen molar-refractivity contribution in [1.29, 1.82) is 0 Å². The van der Waals surface area contributed by atoms with Crippen molar-refractivity contribution < 1.29 is 9.59 Å². The summed E-state index contributed by atoms with van der Waals surface area (Å²) in [5.41, 5.74) is 4.40. The van der Waals surface area contributed by atoms with Gasteiger partial charge in [-0.1, -0.05) is 88.2 Å². The van der Waals surface area contributed by atoms with Crippen molar-refractivity contribution in [3.05, 3.63) is 106 Å². The highest BCUT2D eigenvalue weighted by atomic mass is 79.9. The van der Waals surface area contributed by atoms with Crippen LogP contribution in [0.3, 0.4) is 0 Å². The molecule has 4 nitrogen and oxygen atoms in total. The third kappa shape index (κ3) is 7.76. The number of hydrogen-bond donors (Lipinski definition) is 1. The van der Waals surface area contributed by atoms with Gasteiger partial charge in [-0.25, -0.2) is 0 Å². The van der Waals surface area contributed by atoms with Crippen molar-refractivity contribution in [2.75, 3.05) is 12.8 Å². The molecule has 172 valence electrons. The maximum Gasteiger partial charge on any atom is 0.242 e. The van der Waals surface area contributed by atoms with Crippen molar-refractivity contribution in [1.82, 2.24) is 10.2 Å². The lowest BCUT2D eigenvalue weighted by molar-refractivity contribution is -0.139. The van der Waals surface area contributed by atoms with Gasteiger partial charge in [-0.2, -0.15) is 0 Å². The van der Waals surface area contributed by atoms with Gasteiger partial charge in [-0.15, -0.1) is 11.8 Å². The van der Waals surface area contributed by atoms with Gasteiger partial charge in [0.25, 0.3) is 0 Å². The molecule has 3 rings (SSSR count). The fourth-order valence-corrected chi connectivity index (χ4v) is 4.89. The summed E-state index contributed by atoms with van der Waals surface area (Å²) >= 11 is 5.08. The van der Waals surface area contributed by atoms with E-state index in [2.05, 4.69) is 52.4 Å². The second-order valence-corrected chi connectivity index (χ2v) is 9.85. The molecule has 0 aliphatic carbocycles. The summed E-state index contributed by atoms with van der Waals surface area (Å²) in [5, 5.41) is 2.76. The van der Waals surface area contributed by atoms with E-state index in [9.17, 15) is 9.59 Å². The van der Waals surface area contributed by atoms with Crippen LogP contribution in [0.25, 0.3) is 0 Å². The SMILES string of the molecule is CNC(=O)C(Cc1ccccc1)N(Cc1cccc(Br)c1)C(=O)CSCc1ccc(C)cc1. The van der Waals surface area contributed by atoms with Gasteiger partial charge in [0.2, 0.25) is 11.8 Å². The molecule has 2 amide bonds. The molecule has 0 aliphatic rings. The topological polar surface area (TPSA) is 49.4 Å². The van der Waals surface area contributed by atoms with E-state index in [1.165, 1.54) is 11.1 Å². The van der Waals surface area contributed by atoms with Crippen LogP contribution >= 0.6 is 27.7 Å². The Morgan fingerprint density at radius 1 is 0.939 bits per heavy atom. The minimum Gasteiger partial charge on any atom is -0.357 e. The second-order valence-electron chi connectivity index (χ2n) is 7.95. The molecule has 6 heteroatoms. The highest BCUT2D eigenvalue weighted by molar-refractivity contribution is 9.10. The van der Waals surface area contributed by atoms with Gasteiger partial charge in [-0.3, -0.25) is 9.59 Å². The van der Waals surface area contributed by atoms with Gasteiger partial charge >= 0.3 is 0 Å². The number of amides is 2. The first-order chi connectivity index (χ1) is 16.0. The van der Waals surface area contributed by atoms with Gasteiger partial charge in [0, 0.05) is 30.2 Å². The molecule has 1 atom stereocenters. The van der Waals surface area contributed by atoms with Gasteiger partial charge < -0.3 is 10.2 Å². The summed E-state index contributed by atoms with van der Waals surface area (Å²) < 4.78 is 0.945. The lowest BCUT2D eigenvalue weighted by Crippen LogP contribution is -2.50. The summed E-state index contributed by atoms with van der Waals surface area (Å²) in [5.74, 6) is 0.854. The van der Waals surface area contributed by atoms with Crippen molar-refractivity contribution in [3.8, 4) is 0 Å². The zero-order valence-corrected chi connectivity index (χ0v) is 21.4. The highest BCUT2D eigenvalue weighted by Crippen LogP contribution is 2.20. The van der Waals surface area contributed by atoms with Gasteiger partial charge in [0.1, 0.15) is 6.04 Å². The molecule has 0 aliphatic heterocycles. The maximum absolute atomic E-state index is 13.4. The van der Waals surface area contributed by atoms with E-state index in [0.717, 1.165) is 21.4 Å². The standard InChI is InChI=1S/C27H29BrN2O2S/c1-20-11-13-22(14-12-20)18-33-19-26(31)30(17-23-9-6-10-24(28)15-23)25(27(32)29-2)16-21-7-4-3-5-8-21/h3-15,25H,16-19H2,1-2H3,(H,29,32). The van der Waals surface area contributed by atoms with E-state index >= 15 is 0 Å². The lowest BCUT2D eigenvalue weighted by Gasteiger charge is -2.31. The number of benzene rings is 3. The minimum absolute atomic E-state index is 0.0448.